The summed E-state index contributed by atoms with van der Waals surface area (Å²) in [7, 11) is 1.70. The van der Waals surface area contributed by atoms with E-state index in [-0.39, 0.29) is 11.9 Å². The van der Waals surface area contributed by atoms with E-state index in [1.54, 1.807) is 13.2 Å². The smallest absolute Gasteiger partial charge is 0.340 e. The first kappa shape index (κ1) is 28.7. The molecule has 0 aromatic heterocycles. The summed E-state index contributed by atoms with van der Waals surface area (Å²) in [4.78, 5) is 12.1. The zero-order valence-electron chi connectivity index (χ0n) is 20.0. The number of alkyl halides is 1. The van der Waals surface area contributed by atoms with Gasteiger partial charge in [0, 0.05) is 13.2 Å². The fraction of sp³-hybridized carbons (Fsp3) is 0.500. The normalized spacial score (nSPS) is 14.5. The van der Waals surface area contributed by atoms with Gasteiger partial charge in [-0.05, 0) is 76.4 Å². The van der Waals surface area contributed by atoms with Gasteiger partial charge in [0.25, 0.3) is 0 Å². The topological polar surface area (TPSA) is 75.8 Å². The van der Waals surface area contributed by atoms with Crippen LogP contribution in [-0.2, 0) is 22.6 Å². The number of likely N-dealkylation sites (tertiary alicyclic amines) is 1. The lowest BCUT2D eigenvalue weighted by atomic mass is 10.0. The first-order valence-corrected chi connectivity index (χ1v) is 11.3. The molecule has 1 saturated heterocycles. The Morgan fingerprint density at radius 3 is 2.18 bits per heavy atom. The lowest BCUT2D eigenvalue weighted by molar-refractivity contribution is -0.148. The molecule has 1 aliphatic heterocycles. The van der Waals surface area contributed by atoms with Crippen molar-refractivity contribution in [3.63, 3.8) is 0 Å². The SMILES string of the molecule is CC(C)(F)C(=O)O.COCc1ccccc1.N[C@@H](CCN1CCCC1)Cc1ccccc1F. The fourth-order valence-electron chi connectivity index (χ4n) is 3.14. The zero-order chi connectivity index (χ0) is 24.7. The maximum atomic E-state index is 13.4. The minimum Gasteiger partial charge on any atom is -0.479 e. The molecule has 33 heavy (non-hydrogen) atoms. The fourth-order valence-corrected chi connectivity index (χ4v) is 3.14. The maximum Gasteiger partial charge on any atom is 0.340 e. The van der Waals surface area contributed by atoms with Crippen molar-refractivity contribution in [2.24, 2.45) is 5.73 Å². The third-order valence-corrected chi connectivity index (χ3v) is 5.12. The number of nitrogens with zero attached hydrogens (tertiary/aromatic N) is 1. The van der Waals surface area contributed by atoms with Gasteiger partial charge in [0.2, 0.25) is 5.67 Å². The van der Waals surface area contributed by atoms with Gasteiger partial charge >= 0.3 is 5.97 Å². The molecule has 0 spiro atoms. The van der Waals surface area contributed by atoms with Crippen LogP contribution in [-0.4, -0.2) is 54.4 Å². The second-order valence-electron chi connectivity index (χ2n) is 8.59. The summed E-state index contributed by atoms with van der Waals surface area (Å²) in [6.07, 6.45) is 4.21. The summed E-state index contributed by atoms with van der Waals surface area (Å²) in [6.45, 7) is 6.15. The van der Waals surface area contributed by atoms with E-state index >= 15 is 0 Å². The summed E-state index contributed by atoms with van der Waals surface area (Å²) in [5.74, 6) is -1.56. The van der Waals surface area contributed by atoms with Crippen LogP contribution in [0.15, 0.2) is 54.6 Å². The van der Waals surface area contributed by atoms with Gasteiger partial charge in [0.15, 0.2) is 0 Å². The molecular formula is C26H38F2N2O3. The zero-order valence-corrected chi connectivity index (χ0v) is 20.0. The minimum atomic E-state index is -2.08. The van der Waals surface area contributed by atoms with E-state index in [1.807, 2.05) is 42.5 Å². The highest BCUT2D eigenvalue weighted by Gasteiger charge is 2.24. The van der Waals surface area contributed by atoms with Crippen molar-refractivity contribution in [3.8, 4) is 0 Å². The molecule has 5 nitrogen and oxygen atoms in total. The van der Waals surface area contributed by atoms with Gasteiger partial charge in [-0.2, -0.15) is 0 Å². The number of benzene rings is 2. The molecule has 7 heteroatoms. The van der Waals surface area contributed by atoms with E-state index in [0.717, 1.165) is 32.4 Å². The van der Waals surface area contributed by atoms with Crippen LogP contribution in [0.4, 0.5) is 8.78 Å². The van der Waals surface area contributed by atoms with Gasteiger partial charge in [-0.15, -0.1) is 0 Å². The summed E-state index contributed by atoms with van der Waals surface area (Å²) < 4.78 is 30.3. The molecule has 1 aliphatic rings. The number of aliphatic carboxylic acids is 1. The molecule has 0 bridgehead atoms. The average molecular weight is 465 g/mol. The Morgan fingerprint density at radius 2 is 1.67 bits per heavy atom. The summed E-state index contributed by atoms with van der Waals surface area (Å²) >= 11 is 0. The number of rotatable bonds is 8. The Morgan fingerprint density at radius 1 is 1.12 bits per heavy atom. The molecule has 0 saturated carbocycles. The van der Waals surface area contributed by atoms with Crippen molar-refractivity contribution in [3.05, 3.63) is 71.5 Å². The number of ether oxygens (including phenoxy) is 1. The van der Waals surface area contributed by atoms with Crippen LogP contribution in [0.1, 0.15) is 44.2 Å². The predicted molar refractivity (Wildman–Crippen MR) is 128 cm³/mol. The Labute approximate surface area is 196 Å². The van der Waals surface area contributed by atoms with Crippen molar-refractivity contribution < 1.29 is 23.4 Å². The number of carboxylic acids is 1. The first-order valence-electron chi connectivity index (χ1n) is 11.3. The molecule has 1 heterocycles. The lowest BCUT2D eigenvalue weighted by Gasteiger charge is -2.18. The second kappa shape index (κ2) is 15.5. The van der Waals surface area contributed by atoms with E-state index in [9.17, 15) is 13.6 Å². The van der Waals surface area contributed by atoms with Crippen LogP contribution in [0.5, 0.6) is 0 Å². The molecule has 3 rings (SSSR count). The molecule has 2 aromatic carbocycles. The monoisotopic (exact) mass is 464 g/mol. The van der Waals surface area contributed by atoms with Crippen molar-refractivity contribution in [1.82, 2.24) is 4.90 Å². The molecule has 2 aromatic rings. The Hall–Kier alpha value is -2.35. The Balaban J connectivity index is 0.000000286. The molecule has 0 aliphatic carbocycles. The van der Waals surface area contributed by atoms with Crippen LogP contribution in [0.3, 0.4) is 0 Å². The van der Waals surface area contributed by atoms with E-state index < -0.39 is 11.6 Å². The molecule has 1 atom stereocenters. The van der Waals surface area contributed by atoms with Gasteiger partial charge in [0.05, 0.1) is 6.61 Å². The molecule has 1 fully saturated rings. The number of carbonyl (C=O) groups is 1. The minimum absolute atomic E-state index is 0.0625. The van der Waals surface area contributed by atoms with Gasteiger partial charge in [-0.25, -0.2) is 13.6 Å². The second-order valence-corrected chi connectivity index (χ2v) is 8.59. The quantitative estimate of drug-likeness (QED) is 0.585. The molecular weight excluding hydrogens is 426 g/mol. The highest BCUT2D eigenvalue weighted by molar-refractivity contribution is 5.75. The average Bonchev–Trinajstić information content (AvgIpc) is 3.29. The third kappa shape index (κ3) is 13.1. The summed E-state index contributed by atoms with van der Waals surface area (Å²) in [5, 5.41) is 7.88. The van der Waals surface area contributed by atoms with Crippen LogP contribution in [0.2, 0.25) is 0 Å². The Kier molecular flexibility index (Phi) is 13.5. The number of halogens is 2. The van der Waals surface area contributed by atoms with Crippen molar-refractivity contribution in [2.45, 2.75) is 57.8 Å². The maximum absolute atomic E-state index is 13.4. The Bertz CT molecular complexity index is 792. The van der Waals surface area contributed by atoms with Crippen LogP contribution < -0.4 is 5.73 Å². The first-order chi connectivity index (χ1) is 15.6. The van der Waals surface area contributed by atoms with Gasteiger partial charge in [0.1, 0.15) is 5.82 Å². The third-order valence-electron chi connectivity index (χ3n) is 5.12. The van der Waals surface area contributed by atoms with Crippen molar-refractivity contribution in [2.75, 3.05) is 26.7 Å². The number of hydrogen-bond donors (Lipinski definition) is 2. The summed E-state index contributed by atoms with van der Waals surface area (Å²) in [6, 6.07) is 17.1. The molecule has 184 valence electrons. The van der Waals surface area contributed by atoms with Crippen LogP contribution in [0, 0.1) is 5.82 Å². The van der Waals surface area contributed by atoms with Crippen molar-refractivity contribution in [1.29, 1.82) is 0 Å². The van der Waals surface area contributed by atoms with Crippen LogP contribution >= 0.6 is 0 Å². The molecule has 3 N–H and O–H groups in total. The van der Waals surface area contributed by atoms with E-state index in [0.29, 0.717) is 13.0 Å². The number of nitrogens with two attached hydrogens (primary N) is 1. The predicted octanol–water partition coefficient (Wildman–Crippen LogP) is 4.83. The van der Waals surface area contributed by atoms with E-state index in [2.05, 4.69) is 4.90 Å². The summed E-state index contributed by atoms with van der Waals surface area (Å²) in [5.41, 5.74) is 5.94. The van der Waals surface area contributed by atoms with Gasteiger partial charge < -0.3 is 20.5 Å². The van der Waals surface area contributed by atoms with Gasteiger partial charge in [-0.3, -0.25) is 0 Å². The number of carboxylic acid groups (broad SMARTS) is 1. The van der Waals surface area contributed by atoms with Gasteiger partial charge in [-0.1, -0.05) is 48.5 Å². The van der Waals surface area contributed by atoms with E-state index in [1.165, 1.54) is 37.6 Å². The van der Waals surface area contributed by atoms with E-state index in [4.69, 9.17) is 15.6 Å². The highest BCUT2D eigenvalue weighted by Crippen LogP contribution is 2.12. The standard InChI is InChI=1S/C14H21FN2.C8H10O.C4H7FO2/c15-14-6-2-1-5-12(14)11-13(16)7-10-17-8-3-4-9-17;1-9-7-8-5-3-2-4-6-8;1-4(2,5)3(6)7/h1-2,5-6,13H,3-4,7-11,16H2;2-6H,7H2,1H3;1-2H3,(H,6,7)/t13-;;/m0../s1. The molecule has 0 unspecified atom stereocenters. The van der Waals surface area contributed by atoms with Crippen molar-refractivity contribution >= 4 is 5.97 Å². The number of hydrogen-bond acceptors (Lipinski definition) is 4. The lowest BCUT2D eigenvalue weighted by Crippen LogP contribution is -2.30. The number of methoxy groups -OCH3 is 1. The largest absolute Gasteiger partial charge is 0.479 e. The highest BCUT2D eigenvalue weighted by atomic mass is 19.1. The molecule has 0 radical (unpaired) electrons. The molecule has 0 amide bonds. The van der Waals surface area contributed by atoms with Crippen LogP contribution in [0.25, 0.3) is 0 Å².